The van der Waals surface area contributed by atoms with E-state index in [9.17, 15) is 4.79 Å². The molecule has 3 nitrogen and oxygen atoms in total. The van der Waals surface area contributed by atoms with Gasteiger partial charge in [0.1, 0.15) is 0 Å². The molecule has 0 atom stereocenters. The largest absolute Gasteiger partial charge is 0.340 e. The molecule has 0 aliphatic heterocycles. The van der Waals surface area contributed by atoms with Crippen LogP contribution >= 0.6 is 0 Å². The summed E-state index contributed by atoms with van der Waals surface area (Å²) in [6, 6.07) is 12.4. The minimum atomic E-state index is -0.0245. The van der Waals surface area contributed by atoms with E-state index < -0.39 is 0 Å². The molecule has 0 saturated heterocycles. The quantitative estimate of drug-likeness (QED) is 0.748. The molecule has 0 saturated carbocycles. The first-order valence-corrected chi connectivity index (χ1v) is 6.38. The molecule has 3 heteroatoms. The number of aryl methyl sites for hydroxylation is 2. The molecule has 2 heterocycles. The van der Waals surface area contributed by atoms with Gasteiger partial charge in [0.05, 0.1) is 10.9 Å². The maximum atomic E-state index is 11.8. The highest BCUT2D eigenvalue weighted by Crippen LogP contribution is 2.18. The molecule has 3 aromatic rings. The zero-order chi connectivity index (χ0) is 13.4. The van der Waals surface area contributed by atoms with Crippen LogP contribution in [-0.4, -0.2) is 9.55 Å². The van der Waals surface area contributed by atoms with Gasteiger partial charge in [-0.2, -0.15) is 0 Å². The van der Waals surface area contributed by atoms with Crippen LogP contribution in [0.3, 0.4) is 0 Å². The van der Waals surface area contributed by atoms with Crippen molar-refractivity contribution in [2.24, 2.45) is 0 Å². The molecule has 0 amide bonds. The number of aromatic nitrogens is 2. The Morgan fingerprint density at radius 2 is 2.00 bits per heavy atom. The molecule has 1 aromatic carbocycles. The van der Waals surface area contributed by atoms with E-state index in [4.69, 9.17) is 0 Å². The standard InChI is InChI=1S/C16H16N2O/c1-11-4-3-5-13(8-11)10-18-12(2)9-14-15(18)6-7-17-16(14)19/h3-9H,10H2,1-2H3,(H,17,19). The van der Waals surface area contributed by atoms with Crippen LogP contribution in [0.25, 0.3) is 10.9 Å². The average molecular weight is 252 g/mol. The molecule has 1 N–H and O–H groups in total. The number of H-pyrrole nitrogens is 1. The van der Waals surface area contributed by atoms with E-state index >= 15 is 0 Å². The fourth-order valence-electron chi connectivity index (χ4n) is 2.53. The topological polar surface area (TPSA) is 37.8 Å². The van der Waals surface area contributed by atoms with Crippen molar-refractivity contribution in [3.63, 3.8) is 0 Å². The number of benzene rings is 1. The monoisotopic (exact) mass is 252 g/mol. The molecule has 0 unspecified atom stereocenters. The Morgan fingerprint density at radius 1 is 1.16 bits per heavy atom. The first kappa shape index (κ1) is 11.8. The minimum Gasteiger partial charge on any atom is -0.340 e. The van der Waals surface area contributed by atoms with Crippen molar-refractivity contribution in [2.45, 2.75) is 20.4 Å². The van der Waals surface area contributed by atoms with Gasteiger partial charge in [-0.1, -0.05) is 29.8 Å². The highest BCUT2D eigenvalue weighted by molar-refractivity contribution is 5.80. The highest BCUT2D eigenvalue weighted by atomic mass is 16.1. The molecule has 3 rings (SSSR count). The lowest BCUT2D eigenvalue weighted by Gasteiger charge is -2.09. The third-order valence-corrected chi connectivity index (χ3v) is 3.47. The summed E-state index contributed by atoms with van der Waals surface area (Å²) in [6.45, 7) is 4.92. The molecular weight excluding hydrogens is 236 g/mol. The summed E-state index contributed by atoms with van der Waals surface area (Å²) in [5.74, 6) is 0. The second-order valence-corrected chi connectivity index (χ2v) is 4.97. The van der Waals surface area contributed by atoms with Gasteiger partial charge in [0, 0.05) is 18.4 Å². The number of pyridine rings is 1. The predicted molar refractivity (Wildman–Crippen MR) is 77.6 cm³/mol. The van der Waals surface area contributed by atoms with Crippen LogP contribution in [-0.2, 0) is 6.54 Å². The minimum absolute atomic E-state index is 0.0245. The van der Waals surface area contributed by atoms with Crippen LogP contribution in [0.2, 0.25) is 0 Å². The molecule has 0 fully saturated rings. The van der Waals surface area contributed by atoms with Gasteiger partial charge in [-0.25, -0.2) is 0 Å². The van der Waals surface area contributed by atoms with E-state index in [0.29, 0.717) is 0 Å². The van der Waals surface area contributed by atoms with Crippen LogP contribution < -0.4 is 5.56 Å². The van der Waals surface area contributed by atoms with Gasteiger partial charge < -0.3 is 9.55 Å². The Hall–Kier alpha value is -2.29. The van der Waals surface area contributed by atoms with Crippen molar-refractivity contribution < 1.29 is 0 Å². The second kappa shape index (κ2) is 4.43. The van der Waals surface area contributed by atoms with E-state index in [1.807, 2.05) is 19.1 Å². The van der Waals surface area contributed by atoms with Crippen molar-refractivity contribution in [1.82, 2.24) is 9.55 Å². The van der Waals surface area contributed by atoms with Gasteiger partial charge in [0.15, 0.2) is 0 Å². The number of hydrogen-bond donors (Lipinski definition) is 1. The first-order chi connectivity index (χ1) is 9.15. The maximum Gasteiger partial charge on any atom is 0.257 e. The number of fused-ring (bicyclic) bond motifs is 1. The summed E-state index contributed by atoms with van der Waals surface area (Å²) in [7, 11) is 0. The Bertz CT molecular complexity index is 796. The molecule has 0 spiro atoms. The van der Waals surface area contributed by atoms with Crippen molar-refractivity contribution in [2.75, 3.05) is 0 Å². The second-order valence-electron chi connectivity index (χ2n) is 4.97. The molecule has 0 bridgehead atoms. The molecule has 2 aromatic heterocycles. The predicted octanol–water partition coefficient (Wildman–Crippen LogP) is 2.99. The third kappa shape index (κ3) is 2.08. The van der Waals surface area contributed by atoms with E-state index in [1.54, 1.807) is 6.20 Å². The van der Waals surface area contributed by atoms with Crippen LogP contribution in [0.5, 0.6) is 0 Å². The average Bonchev–Trinajstić information content (AvgIpc) is 2.69. The number of hydrogen-bond acceptors (Lipinski definition) is 1. The molecule has 96 valence electrons. The van der Waals surface area contributed by atoms with Crippen LogP contribution in [0.1, 0.15) is 16.8 Å². The van der Waals surface area contributed by atoms with Crippen molar-refractivity contribution in [3.05, 3.63) is 69.8 Å². The molecule has 0 radical (unpaired) electrons. The summed E-state index contributed by atoms with van der Waals surface area (Å²) >= 11 is 0. The van der Waals surface area contributed by atoms with Gasteiger partial charge in [0.2, 0.25) is 0 Å². The Labute approximate surface area is 111 Å². The number of aromatic amines is 1. The molecule has 0 aliphatic carbocycles. The Kier molecular flexibility index (Phi) is 2.75. The summed E-state index contributed by atoms with van der Waals surface area (Å²) < 4.78 is 2.18. The Balaban J connectivity index is 2.13. The summed E-state index contributed by atoms with van der Waals surface area (Å²) in [5, 5.41) is 0.757. The third-order valence-electron chi connectivity index (χ3n) is 3.47. The lowest BCUT2D eigenvalue weighted by molar-refractivity contribution is 0.804. The maximum absolute atomic E-state index is 11.8. The van der Waals surface area contributed by atoms with Crippen molar-refractivity contribution >= 4 is 10.9 Å². The SMILES string of the molecule is Cc1cccc(Cn2c(C)cc3c(=O)[nH]ccc32)c1. The summed E-state index contributed by atoms with van der Waals surface area (Å²) in [6.07, 6.45) is 1.71. The van der Waals surface area contributed by atoms with Crippen LogP contribution in [0.15, 0.2) is 47.4 Å². The number of rotatable bonds is 2. The smallest absolute Gasteiger partial charge is 0.257 e. The zero-order valence-electron chi connectivity index (χ0n) is 11.1. The van der Waals surface area contributed by atoms with Crippen molar-refractivity contribution in [3.8, 4) is 0 Å². The summed E-state index contributed by atoms with van der Waals surface area (Å²) in [4.78, 5) is 14.5. The van der Waals surface area contributed by atoms with Gasteiger partial charge in [-0.3, -0.25) is 4.79 Å². The van der Waals surface area contributed by atoms with E-state index in [2.05, 4.69) is 40.7 Å². The Morgan fingerprint density at radius 3 is 2.79 bits per heavy atom. The van der Waals surface area contributed by atoms with Gasteiger partial charge in [0.25, 0.3) is 5.56 Å². The molecular formula is C16H16N2O. The molecule has 19 heavy (non-hydrogen) atoms. The van der Waals surface area contributed by atoms with E-state index in [1.165, 1.54) is 11.1 Å². The normalized spacial score (nSPS) is 11.1. The number of nitrogens with zero attached hydrogens (tertiary/aromatic N) is 1. The van der Waals surface area contributed by atoms with E-state index in [0.717, 1.165) is 23.1 Å². The van der Waals surface area contributed by atoms with E-state index in [-0.39, 0.29) is 5.56 Å². The van der Waals surface area contributed by atoms with Crippen LogP contribution in [0.4, 0.5) is 0 Å². The lowest BCUT2D eigenvalue weighted by atomic mass is 10.1. The lowest BCUT2D eigenvalue weighted by Crippen LogP contribution is -2.05. The van der Waals surface area contributed by atoms with Crippen LogP contribution in [0, 0.1) is 13.8 Å². The number of nitrogens with one attached hydrogen (secondary N) is 1. The van der Waals surface area contributed by atoms with Gasteiger partial charge in [-0.05, 0) is 31.5 Å². The molecule has 0 aliphatic rings. The fraction of sp³-hybridized carbons (Fsp3) is 0.188. The summed E-state index contributed by atoms with van der Waals surface area (Å²) in [5.41, 5.74) is 4.57. The van der Waals surface area contributed by atoms with Gasteiger partial charge in [-0.15, -0.1) is 0 Å². The zero-order valence-corrected chi connectivity index (χ0v) is 11.1. The highest BCUT2D eigenvalue weighted by Gasteiger charge is 2.08. The van der Waals surface area contributed by atoms with Crippen molar-refractivity contribution in [1.29, 1.82) is 0 Å². The first-order valence-electron chi connectivity index (χ1n) is 6.38. The fourth-order valence-corrected chi connectivity index (χ4v) is 2.53. The van der Waals surface area contributed by atoms with Gasteiger partial charge >= 0.3 is 0 Å².